The third-order valence-electron chi connectivity index (χ3n) is 4.55. The van der Waals surface area contributed by atoms with Gasteiger partial charge in [0, 0.05) is 6.54 Å². The van der Waals surface area contributed by atoms with Crippen LogP contribution in [0.3, 0.4) is 0 Å². The van der Waals surface area contributed by atoms with Crippen molar-refractivity contribution in [2.24, 2.45) is 11.8 Å². The zero-order valence-electron chi connectivity index (χ0n) is 11.4. The third-order valence-corrected chi connectivity index (χ3v) is 4.55. The predicted octanol–water partition coefficient (Wildman–Crippen LogP) is 1.47. The van der Waals surface area contributed by atoms with Gasteiger partial charge in [-0.3, -0.25) is 0 Å². The van der Waals surface area contributed by atoms with Crippen molar-refractivity contribution in [2.75, 3.05) is 32.8 Å². The van der Waals surface area contributed by atoms with Crippen LogP contribution in [0.2, 0.25) is 0 Å². The van der Waals surface area contributed by atoms with E-state index in [1.165, 1.54) is 38.8 Å². The molecule has 1 unspecified atom stereocenters. The van der Waals surface area contributed by atoms with Crippen molar-refractivity contribution in [1.82, 2.24) is 10.2 Å². The minimum atomic E-state index is -0.0185. The lowest BCUT2D eigenvalue weighted by molar-refractivity contribution is 0.0754. The van der Waals surface area contributed by atoms with Crippen molar-refractivity contribution in [1.29, 1.82) is 0 Å². The molecule has 100 valence electrons. The van der Waals surface area contributed by atoms with Crippen LogP contribution in [-0.4, -0.2) is 48.3 Å². The normalized spacial score (nSPS) is 27.0. The predicted molar refractivity (Wildman–Crippen MR) is 71.1 cm³/mol. The van der Waals surface area contributed by atoms with Gasteiger partial charge in [0.1, 0.15) is 0 Å². The number of likely N-dealkylation sites (N-methyl/N-ethyl adjacent to an activating group) is 1. The molecule has 0 radical (unpaired) electrons. The number of nitrogens with zero attached hydrogens (tertiary/aromatic N) is 1. The van der Waals surface area contributed by atoms with Gasteiger partial charge >= 0.3 is 0 Å². The van der Waals surface area contributed by atoms with Crippen LogP contribution in [-0.2, 0) is 0 Å². The number of aliphatic hydroxyl groups excluding tert-OH is 1. The summed E-state index contributed by atoms with van der Waals surface area (Å²) in [6.45, 7) is 9.20. The Bertz CT molecular complexity index is 234. The highest BCUT2D eigenvalue weighted by Gasteiger charge is 2.45. The second-order valence-electron chi connectivity index (χ2n) is 6.08. The molecule has 1 saturated heterocycles. The zero-order chi connectivity index (χ0) is 12.3. The highest BCUT2D eigenvalue weighted by atomic mass is 16.3. The minimum absolute atomic E-state index is 0.0185. The fourth-order valence-corrected chi connectivity index (χ4v) is 3.17. The SMILES string of the molecule is CCNC(CO)(CN1CCC(C)CC1)C1CC1. The van der Waals surface area contributed by atoms with Crippen molar-refractivity contribution in [3.63, 3.8) is 0 Å². The van der Waals surface area contributed by atoms with E-state index in [0.29, 0.717) is 5.92 Å². The lowest BCUT2D eigenvalue weighted by atomic mass is 9.91. The van der Waals surface area contributed by atoms with Gasteiger partial charge in [-0.1, -0.05) is 13.8 Å². The number of hydrogen-bond donors (Lipinski definition) is 2. The molecule has 3 heteroatoms. The van der Waals surface area contributed by atoms with E-state index in [9.17, 15) is 5.11 Å². The van der Waals surface area contributed by atoms with Gasteiger partial charge in [0.05, 0.1) is 12.1 Å². The number of hydrogen-bond acceptors (Lipinski definition) is 3. The molecule has 1 atom stereocenters. The molecule has 2 rings (SSSR count). The number of rotatable bonds is 6. The van der Waals surface area contributed by atoms with Gasteiger partial charge in [-0.25, -0.2) is 0 Å². The maximum Gasteiger partial charge on any atom is 0.0628 e. The fourth-order valence-electron chi connectivity index (χ4n) is 3.17. The molecule has 0 spiro atoms. The molecular formula is C14H28N2O. The van der Waals surface area contributed by atoms with Gasteiger partial charge in [-0.05, 0) is 57.2 Å². The molecule has 1 heterocycles. The van der Waals surface area contributed by atoms with E-state index in [-0.39, 0.29) is 12.1 Å². The number of aliphatic hydroxyl groups is 1. The van der Waals surface area contributed by atoms with E-state index < -0.39 is 0 Å². The molecule has 0 aromatic rings. The molecule has 3 nitrogen and oxygen atoms in total. The maximum atomic E-state index is 9.81. The highest BCUT2D eigenvalue weighted by Crippen LogP contribution is 2.40. The summed E-state index contributed by atoms with van der Waals surface area (Å²) in [7, 11) is 0. The summed E-state index contributed by atoms with van der Waals surface area (Å²) in [5, 5.41) is 13.4. The highest BCUT2D eigenvalue weighted by molar-refractivity contribution is 5.03. The fraction of sp³-hybridized carbons (Fsp3) is 1.00. The third kappa shape index (κ3) is 3.21. The Morgan fingerprint density at radius 1 is 1.24 bits per heavy atom. The van der Waals surface area contributed by atoms with Crippen LogP contribution >= 0.6 is 0 Å². The quantitative estimate of drug-likeness (QED) is 0.738. The van der Waals surface area contributed by atoms with Crippen LogP contribution in [0.15, 0.2) is 0 Å². The van der Waals surface area contributed by atoms with E-state index in [1.54, 1.807) is 0 Å². The number of piperidine rings is 1. The van der Waals surface area contributed by atoms with E-state index in [4.69, 9.17) is 0 Å². The summed E-state index contributed by atoms with van der Waals surface area (Å²) in [5.41, 5.74) is -0.0185. The molecule has 1 saturated carbocycles. The van der Waals surface area contributed by atoms with Crippen molar-refractivity contribution in [2.45, 2.75) is 45.1 Å². The topological polar surface area (TPSA) is 35.5 Å². The smallest absolute Gasteiger partial charge is 0.0628 e. The van der Waals surface area contributed by atoms with E-state index in [0.717, 1.165) is 19.0 Å². The van der Waals surface area contributed by atoms with Gasteiger partial charge < -0.3 is 15.3 Å². The molecule has 0 amide bonds. The number of nitrogens with one attached hydrogen (secondary N) is 1. The Balaban J connectivity index is 1.92. The van der Waals surface area contributed by atoms with Crippen LogP contribution in [0.1, 0.15) is 39.5 Å². The van der Waals surface area contributed by atoms with Crippen LogP contribution in [0.4, 0.5) is 0 Å². The Hall–Kier alpha value is -0.120. The summed E-state index contributed by atoms with van der Waals surface area (Å²) in [6.07, 6.45) is 5.21. The molecule has 0 aromatic heterocycles. The summed E-state index contributed by atoms with van der Waals surface area (Å²) >= 11 is 0. The molecular weight excluding hydrogens is 212 g/mol. The van der Waals surface area contributed by atoms with Gasteiger partial charge in [0.15, 0.2) is 0 Å². The van der Waals surface area contributed by atoms with Crippen molar-refractivity contribution < 1.29 is 5.11 Å². The standard InChI is InChI=1S/C14H28N2O/c1-3-15-14(11-17,13-4-5-13)10-16-8-6-12(2)7-9-16/h12-13,15,17H,3-11H2,1-2H3. The molecule has 2 N–H and O–H groups in total. The molecule has 2 aliphatic rings. The van der Waals surface area contributed by atoms with Crippen molar-refractivity contribution >= 4 is 0 Å². The average Bonchev–Trinajstić information content (AvgIpc) is 3.16. The van der Waals surface area contributed by atoms with E-state index in [2.05, 4.69) is 24.1 Å². The largest absolute Gasteiger partial charge is 0.394 e. The Kier molecular flexibility index (Phi) is 4.45. The zero-order valence-corrected chi connectivity index (χ0v) is 11.4. The number of likely N-dealkylation sites (tertiary alicyclic amines) is 1. The summed E-state index contributed by atoms with van der Waals surface area (Å²) in [5.74, 6) is 1.58. The van der Waals surface area contributed by atoms with Crippen molar-refractivity contribution in [3.8, 4) is 0 Å². The van der Waals surface area contributed by atoms with E-state index in [1.807, 2.05) is 0 Å². The first-order valence-electron chi connectivity index (χ1n) is 7.28. The van der Waals surface area contributed by atoms with Gasteiger partial charge in [0.2, 0.25) is 0 Å². The monoisotopic (exact) mass is 240 g/mol. The maximum absolute atomic E-state index is 9.81. The summed E-state index contributed by atoms with van der Waals surface area (Å²) < 4.78 is 0. The van der Waals surface area contributed by atoms with Crippen LogP contribution in [0.25, 0.3) is 0 Å². The second-order valence-corrected chi connectivity index (χ2v) is 6.08. The molecule has 17 heavy (non-hydrogen) atoms. The lowest BCUT2D eigenvalue weighted by Crippen LogP contribution is -2.58. The Morgan fingerprint density at radius 3 is 2.35 bits per heavy atom. The lowest BCUT2D eigenvalue weighted by Gasteiger charge is -2.40. The first kappa shape index (κ1) is 13.3. The van der Waals surface area contributed by atoms with Crippen LogP contribution < -0.4 is 5.32 Å². The molecule has 0 bridgehead atoms. The summed E-state index contributed by atoms with van der Waals surface area (Å²) in [6, 6.07) is 0. The van der Waals surface area contributed by atoms with Gasteiger partial charge in [0.25, 0.3) is 0 Å². The molecule has 0 aromatic carbocycles. The van der Waals surface area contributed by atoms with Gasteiger partial charge in [-0.15, -0.1) is 0 Å². The molecule has 1 aliphatic heterocycles. The first-order chi connectivity index (χ1) is 8.20. The van der Waals surface area contributed by atoms with E-state index >= 15 is 0 Å². The van der Waals surface area contributed by atoms with Crippen LogP contribution in [0.5, 0.6) is 0 Å². The summed E-state index contributed by atoms with van der Waals surface area (Å²) in [4.78, 5) is 2.55. The Labute approximate surface area is 106 Å². The Morgan fingerprint density at radius 2 is 1.88 bits per heavy atom. The molecule has 2 fully saturated rings. The van der Waals surface area contributed by atoms with Crippen molar-refractivity contribution in [3.05, 3.63) is 0 Å². The average molecular weight is 240 g/mol. The minimum Gasteiger partial charge on any atom is -0.394 e. The molecule has 1 aliphatic carbocycles. The van der Waals surface area contributed by atoms with Gasteiger partial charge in [-0.2, -0.15) is 0 Å². The first-order valence-corrected chi connectivity index (χ1v) is 7.28. The van der Waals surface area contributed by atoms with Crippen LogP contribution in [0, 0.1) is 11.8 Å². The second kappa shape index (κ2) is 5.68.